The van der Waals surface area contributed by atoms with Crippen LogP contribution in [0.3, 0.4) is 0 Å². The number of benzene rings is 1. The van der Waals surface area contributed by atoms with Crippen LogP contribution in [0.25, 0.3) is 0 Å². The highest BCUT2D eigenvalue weighted by Gasteiger charge is 2.25. The molecule has 142 valence electrons. The maximum Gasteiger partial charge on any atom is 0.339 e. The van der Waals surface area contributed by atoms with Crippen molar-refractivity contribution in [1.29, 1.82) is 0 Å². The number of aromatic nitrogens is 1. The predicted octanol–water partition coefficient (Wildman–Crippen LogP) is 3.01. The van der Waals surface area contributed by atoms with E-state index in [1.807, 2.05) is 4.90 Å². The number of pyridine rings is 1. The lowest BCUT2D eigenvalue weighted by molar-refractivity contribution is 0.0525. The van der Waals surface area contributed by atoms with Crippen molar-refractivity contribution in [3.8, 4) is 0 Å². The number of nitrogens with zero attached hydrogens (tertiary/aromatic N) is 3. The molecular formula is C19H19ClFN3O3. The van der Waals surface area contributed by atoms with Gasteiger partial charge < -0.3 is 14.5 Å². The molecule has 0 spiro atoms. The second kappa shape index (κ2) is 8.35. The molecule has 0 saturated carbocycles. The smallest absolute Gasteiger partial charge is 0.339 e. The van der Waals surface area contributed by atoms with E-state index in [0.717, 1.165) is 6.07 Å². The van der Waals surface area contributed by atoms with E-state index >= 15 is 0 Å². The summed E-state index contributed by atoms with van der Waals surface area (Å²) in [6, 6.07) is 7.47. The van der Waals surface area contributed by atoms with Crippen molar-refractivity contribution in [3.05, 3.63) is 58.5 Å². The molecule has 1 fully saturated rings. The molecule has 0 N–H and O–H groups in total. The minimum Gasteiger partial charge on any atom is -0.462 e. The van der Waals surface area contributed by atoms with Crippen molar-refractivity contribution in [3.63, 3.8) is 0 Å². The molecule has 1 aromatic carbocycles. The fourth-order valence-corrected chi connectivity index (χ4v) is 3.04. The number of carbonyl (C=O) groups is 2. The first kappa shape index (κ1) is 19.1. The topological polar surface area (TPSA) is 62.7 Å². The minimum atomic E-state index is -0.619. The number of rotatable bonds is 4. The molecule has 8 heteroatoms. The van der Waals surface area contributed by atoms with Gasteiger partial charge in [0.1, 0.15) is 11.6 Å². The van der Waals surface area contributed by atoms with Crippen molar-refractivity contribution >= 4 is 29.3 Å². The Balaban J connectivity index is 1.61. The van der Waals surface area contributed by atoms with Gasteiger partial charge in [-0.25, -0.2) is 14.2 Å². The van der Waals surface area contributed by atoms with Crippen molar-refractivity contribution < 1.29 is 18.7 Å². The van der Waals surface area contributed by atoms with E-state index in [4.69, 9.17) is 16.3 Å². The molecule has 0 atom stereocenters. The van der Waals surface area contributed by atoms with Gasteiger partial charge in [-0.3, -0.25) is 4.79 Å². The van der Waals surface area contributed by atoms with Gasteiger partial charge in [0, 0.05) is 37.4 Å². The summed E-state index contributed by atoms with van der Waals surface area (Å²) in [5.74, 6) is -0.662. The van der Waals surface area contributed by atoms with Crippen LogP contribution in [0.4, 0.5) is 10.2 Å². The van der Waals surface area contributed by atoms with Gasteiger partial charge >= 0.3 is 5.97 Å². The summed E-state index contributed by atoms with van der Waals surface area (Å²) in [7, 11) is 0. The van der Waals surface area contributed by atoms with Crippen LogP contribution in [0.15, 0.2) is 36.5 Å². The predicted molar refractivity (Wildman–Crippen MR) is 99.7 cm³/mol. The summed E-state index contributed by atoms with van der Waals surface area (Å²) in [4.78, 5) is 32.1. The SMILES string of the molecule is CCOC(=O)c1ccc(N2CCN(C(=O)c3ccc(Cl)cc3F)CC2)nc1. The van der Waals surface area contributed by atoms with Crippen LogP contribution in [0.2, 0.25) is 5.02 Å². The van der Waals surface area contributed by atoms with Crippen LogP contribution < -0.4 is 4.90 Å². The number of amides is 1. The van der Waals surface area contributed by atoms with Crippen LogP contribution >= 0.6 is 11.6 Å². The van der Waals surface area contributed by atoms with Gasteiger partial charge in [0.25, 0.3) is 5.91 Å². The van der Waals surface area contributed by atoms with E-state index < -0.39 is 11.8 Å². The number of anilines is 1. The molecule has 6 nitrogen and oxygen atoms in total. The number of piperazine rings is 1. The van der Waals surface area contributed by atoms with Gasteiger partial charge in [-0.05, 0) is 37.3 Å². The zero-order valence-electron chi connectivity index (χ0n) is 14.8. The molecule has 1 aliphatic rings. The quantitative estimate of drug-likeness (QED) is 0.750. The summed E-state index contributed by atoms with van der Waals surface area (Å²) in [5, 5.41) is 0.256. The Morgan fingerprint density at radius 1 is 1.19 bits per heavy atom. The van der Waals surface area contributed by atoms with E-state index in [0.29, 0.717) is 44.2 Å². The number of ether oxygens (including phenoxy) is 1. The molecule has 1 aliphatic heterocycles. The number of hydrogen-bond donors (Lipinski definition) is 0. The highest BCUT2D eigenvalue weighted by Crippen LogP contribution is 2.19. The third kappa shape index (κ3) is 4.36. The first-order valence-corrected chi connectivity index (χ1v) is 9.00. The Bertz CT molecular complexity index is 837. The van der Waals surface area contributed by atoms with Crippen molar-refractivity contribution in [2.45, 2.75) is 6.92 Å². The zero-order valence-corrected chi connectivity index (χ0v) is 15.6. The Labute approximate surface area is 161 Å². The van der Waals surface area contributed by atoms with Crippen LogP contribution in [0.5, 0.6) is 0 Å². The van der Waals surface area contributed by atoms with E-state index in [2.05, 4.69) is 4.98 Å². The summed E-state index contributed by atoms with van der Waals surface area (Å²) in [6.07, 6.45) is 1.48. The lowest BCUT2D eigenvalue weighted by Crippen LogP contribution is -2.49. The van der Waals surface area contributed by atoms with Crippen molar-refractivity contribution in [2.75, 3.05) is 37.7 Å². The lowest BCUT2D eigenvalue weighted by atomic mass is 10.1. The Kier molecular flexibility index (Phi) is 5.91. The molecule has 0 aliphatic carbocycles. The summed E-state index contributed by atoms with van der Waals surface area (Å²) >= 11 is 5.74. The number of hydrogen-bond acceptors (Lipinski definition) is 5. The van der Waals surface area contributed by atoms with Gasteiger partial charge in [-0.15, -0.1) is 0 Å². The van der Waals surface area contributed by atoms with E-state index in [1.54, 1.807) is 24.0 Å². The number of carbonyl (C=O) groups excluding carboxylic acids is 2. The molecule has 2 heterocycles. The first-order valence-electron chi connectivity index (χ1n) is 8.62. The molecule has 3 rings (SSSR count). The normalized spacial score (nSPS) is 14.2. The largest absolute Gasteiger partial charge is 0.462 e. The summed E-state index contributed by atoms with van der Waals surface area (Å²) in [5.41, 5.74) is 0.414. The molecule has 0 unspecified atom stereocenters. The van der Waals surface area contributed by atoms with Crippen LogP contribution in [0, 0.1) is 5.82 Å². The molecule has 1 saturated heterocycles. The summed E-state index contributed by atoms with van der Waals surface area (Å²) in [6.45, 7) is 4.07. The average Bonchev–Trinajstić information content (AvgIpc) is 2.68. The zero-order chi connectivity index (χ0) is 19.4. The number of esters is 1. The molecule has 0 radical (unpaired) electrons. The second-order valence-electron chi connectivity index (χ2n) is 6.03. The van der Waals surface area contributed by atoms with Crippen LogP contribution in [-0.2, 0) is 4.74 Å². The molecule has 2 aromatic rings. The van der Waals surface area contributed by atoms with Gasteiger partial charge in [0.2, 0.25) is 0 Å². The second-order valence-corrected chi connectivity index (χ2v) is 6.47. The molecule has 1 aromatic heterocycles. The van der Waals surface area contributed by atoms with E-state index in [1.165, 1.54) is 18.3 Å². The monoisotopic (exact) mass is 391 g/mol. The minimum absolute atomic E-state index is 0.0183. The van der Waals surface area contributed by atoms with Gasteiger partial charge in [-0.2, -0.15) is 0 Å². The lowest BCUT2D eigenvalue weighted by Gasteiger charge is -2.35. The Morgan fingerprint density at radius 3 is 2.52 bits per heavy atom. The third-order valence-electron chi connectivity index (χ3n) is 4.31. The molecular weight excluding hydrogens is 373 g/mol. The van der Waals surface area contributed by atoms with E-state index in [9.17, 15) is 14.0 Å². The maximum atomic E-state index is 14.0. The first-order chi connectivity index (χ1) is 13.0. The Hall–Kier alpha value is -2.67. The van der Waals surface area contributed by atoms with Gasteiger partial charge in [0.05, 0.1) is 17.7 Å². The molecule has 0 bridgehead atoms. The average molecular weight is 392 g/mol. The van der Waals surface area contributed by atoms with Crippen LogP contribution in [0.1, 0.15) is 27.6 Å². The summed E-state index contributed by atoms with van der Waals surface area (Å²) < 4.78 is 18.9. The fraction of sp³-hybridized carbons (Fsp3) is 0.316. The highest BCUT2D eigenvalue weighted by molar-refractivity contribution is 6.30. The third-order valence-corrected chi connectivity index (χ3v) is 4.55. The maximum absolute atomic E-state index is 14.0. The van der Waals surface area contributed by atoms with Gasteiger partial charge in [-0.1, -0.05) is 11.6 Å². The fourth-order valence-electron chi connectivity index (χ4n) is 2.88. The molecule has 1 amide bonds. The Morgan fingerprint density at radius 2 is 1.93 bits per heavy atom. The van der Waals surface area contributed by atoms with Crippen molar-refractivity contribution in [1.82, 2.24) is 9.88 Å². The molecule has 27 heavy (non-hydrogen) atoms. The van der Waals surface area contributed by atoms with E-state index in [-0.39, 0.29) is 16.5 Å². The van der Waals surface area contributed by atoms with Crippen LogP contribution in [-0.4, -0.2) is 54.5 Å². The standard InChI is InChI=1S/C19H19ClFN3O3/c1-2-27-19(26)13-3-6-17(22-12-13)23-7-9-24(10-8-23)18(25)15-5-4-14(20)11-16(15)21/h3-6,11-12H,2,7-10H2,1H3. The number of halogens is 2. The van der Waals surface area contributed by atoms with Gasteiger partial charge in [0.15, 0.2) is 0 Å². The highest BCUT2D eigenvalue weighted by atomic mass is 35.5. The van der Waals surface area contributed by atoms with Crippen molar-refractivity contribution in [2.24, 2.45) is 0 Å².